The highest BCUT2D eigenvalue weighted by molar-refractivity contribution is 6.55. The molecule has 4 nitrogen and oxygen atoms in total. The van der Waals surface area contributed by atoms with E-state index in [1.807, 2.05) is 0 Å². The molecule has 1 aliphatic carbocycles. The number of carbonyl (C=O) groups excluding carboxylic acids is 3. The zero-order valence-electron chi connectivity index (χ0n) is 10.9. The van der Waals surface area contributed by atoms with E-state index in [0.29, 0.717) is 30.1 Å². The van der Waals surface area contributed by atoms with E-state index < -0.39 is 11.7 Å². The van der Waals surface area contributed by atoms with Crippen molar-refractivity contribution in [1.29, 1.82) is 0 Å². The first-order chi connectivity index (χ1) is 9.59. The van der Waals surface area contributed by atoms with Crippen LogP contribution in [0.5, 0.6) is 0 Å². The third kappa shape index (κ3) is 2.04. The molecule has 0 N–H and O–H groups in total. The van der Waals surface area contributed by atoms with Gasteiger partial charge < -0.3 is 4.90 Å². The van der Waals surface area contributed by atoms with Crippen molar-refractivity contribution in [3.05, 3.63) is 28.8 Å². The normalized spacial score (nSPS) is 21.8. The van der Waals surface area contributed by atoms with Gasteiger partial charge in [-0.1, -0.05) is 17.7 Å². The standard InChI is InChI=1S/C15H14ClNO3/c16-10-4-2-5-11-13(10)14(19)15(20)17(11)8-7-9-3-1-6-12(9)18/h2,4-5,9H,1,3,6-8H2. The van der Waals surface area contributed by atoms with Gasteiger partial charge in [0.05, 0.1) is 16.3 Å². The van der Waals surface area contributed by atoms with Crippen LogP contribution in [0, 0.1) is 5.92 Å². The Bertz CT molecular complexity index is 611. The Morgan fingerprint density at radius 2 is 2.05 bits per heavy atom. The predicted octanol–water partition coefficient (Wildman–Crippen LogP) is 2.63. The minimum absolute atomic E-state index is 0.0288. The average Bonchev–Trinajstić information content (AvgIpc) is 2.93. The number of hydrogen-bond acceptors (Lipinski definition) is 3. The highest BCUT2D eigenvalue weighted by Gasteiger charge is 2.38. The van der Waals surface area contributed by atoms with E-state index in [2.05, 4.69) is 0 Å². The van der Waals surface area contributed by atoms with Crippen LogP contribution in [0.1, 0.15) is 36.0 Å². The van der Waals surface area contributed by atoms with E-state index in [1.165, 1.54) is 4.90 Å². The number of benzene rings is 1. The number of amides is 1. The molecule has 1 heterocycles. The Hall–Kier alpha value is -1.68. The van der Waals surface area contributed by atoms with E-state index in [4.69, 9.17) is 11.6 Å². The summed E-state index contributed by atoms with van der Waals surface area (Å²) in [4.78, 5) is 37.1. The van der Waals surface area contributed by atoms with Crippen LogP contribution in [0.2, 0.25) is 5.02 Å². The van der Waals surface area contributed by atoms with Crippen molar-refractivity contribution in [2.24, 2.45) is 5.92 Å². The Balaban J connectivity index is 1.81. The van der Waals surface area contributed by atoms with Gasteiger partial charge in [-0.05, 0) is 31.4 Å². The summed E-state index contributed by atoms with van der Waals surface area (Å²) in [5.74, 6) is -0.794. The molecule has 0 spiro atoms. The van der Waals surface area contributed by atoms with Crippen molar-refractivity contribution in [3.8, 4) is 0 Å². The zero-order chi connectivity index (χ0) is 14.3. The molecule has 1 fully saturated rings. The first-order valence-electron chi connectivity index (χ1n) is 6.77. The third-order valence-electron chi connectivity index (χ3n) is 4.08. The first kappa shape index (κ1) is 13.3. The molecule has 1 unspecified atom stereocenters. The van der Waals surface area contributed by atoms with E-state index in [1.54, 1.807) is 18.2 Å². The number of carbonyl (C=O) groups is 3. The molecule has 1 saturated carbocycles. The summed E-state index contributed by atoms with van der Waals surface area (Å²) in [6.45, 7) is 0.397. The van der Waals surface area contributed by atoms with Crippen molar-refractivity contribution in [2.75, 3.05) is 11.4 Å². The lowest BCUT2D eigenvalue weighted by molar-refractivity contribution is -0.121. The SMILES string of the molecule is O=C1C(=O)N(CCC2CCCC2=O)c2cccc(Cl)c21. The summed E-state index contributed by atoms with van der Waals surface area (Å²) in [6, 6.07) is 5.05. The Labute approximate surface area is 121 Å². The molecule has 0 radical (unpaired) electrons. The zero-order valence-corrected chi connectivity index (χ0v) is 11.7. The minimum Gasteiger partial charge on any atom is -0.305 e. The van der Waals surface area contributed by atoms with Crippen LogP contribution >= 0.6 is 11.6 Å². The molecule has 0 bridgehead atoms. The number of anilines is 1. The second-order valence-corrected chi connectivity index (χ2v) is 5.67. The molecular weight excluding hydrogens is 278 g/mol. The smallest absolute Gasteiger partial charge is 0.299 e. The highest BCUT2D eigenvalue weighted by atomic mass is 35.5. The number of hydrogen-bond donors (Lipinski definition) is 0. The summed E-state index contributed by atoms with van der Waals surface area (Å²) >= 11 is 5.99. The number of fused-ring (bicyclic) bond motifs is 1. The van der Waals surface area contributed by atoms with Crippen LogP contribution in [0.15, 0.2) is 18.2 Å². The highest BCUT2D eigenvalue weighted by Crippen LogP contribution is 2.35. The third-order valence-corrected chi connectivity index (χ3v) is 4.40. The van der Waals surface area contributed by atoms with Crippen LogP contribution in [-0.2, 0) is 9.59 Å². The van der Waals surface area contributed by atoms with Crippen LogP contribution < -0.4 is 4.90 Å². The van der Waals surface area contributed by atoms with Crippen molar-refractivity contribution >= 4 is 34.8 Å². The topological polar surface area (TPSA) is 54.5 Å². The molecule has 1 aliphatic heterocycles. The van der Waals surface area contributed by atoms with Crippen LogP contribution in [0.4, 0.5) is 5.69 Å². The molecule has 20 heavy (non-hydrogen) atoms. The second-order valence-electron chi connectivity index (χ2n) is 5.26. The van der Waals surface area contributed by atoms with Gasteiger partial charge >= 0.3 is 0 Å². The number of rotatable bonds is 3. The maximum atomic E-state index is 12.0. The lowest BCUT2D eigenvalue weighted by Gasteiger charge is -2.18. The van der Waals surface area contributed by atoms with Crippen LogP contribution in [0.3, 0.4) is 0 Å². The van der Waals surface area contributed by atoms with Crippen molar-refractivity contribution < 1.29 is 14.4 Å². The monoisotopic (exact) mass is 291 g/mol. The van der Waals surface area contributed by atoms with Gasteiger partial charge in [0.25, 0.3) is 11.7 Å². The quantitative estimate of drug-likeness (QED) is 0.805. The number of halogens is 1. The van der Waals surface area contributed by atoms with Gasteiger partial charge in [0, 0.05) is 18.9 Å². The van der Waals surface area contributed by atoms with Gasteiger partial charge in [-0.3, -0.25) is 14.4 Å². The Morgan fingerprint density at radius 3 is 2.75 bits per heavy atom. The molecule has 104 valence electrons. The van der Waals surface area contributed by atoms with Gasteiger partial charge in [-0.15, -0.1) is 0 Å². The van der Waals surface area contributed by atoms with Crippen LogP contribution in [0.25, 0.3) is 0 Å². The molecule has 0 saturated heterocycles. The van der Waals surface area contributed by atoms with Gasteiger partial charge in [0.2, 0.25) is 0 Å². The van der Waals surface area contributed by atoms with Gasteiger partial charge in [-0.25, -0.2) is 0 Å². The predicted molar refractivity (Wildman–Crippen MR) is 75.1 cm³/mol. The average molecular weight is 292 g/mol. The molecule has 2 aliphatic rings. The fourth-order valence-electron chi connectivity index (χ4n) is 3.00. The molecule has 0 aromatic heterocycles. The lowest BCUT2D eigenvalue weighted by Crippen LogP contribution is -2.32. The Morgan fingerprint density at radius 1 is 1.25 bits per heavy atom. The maximum Gasteiger partial charge on any atom is 0.299 e. The van der Waals surface area contributed by atoms with E-state index in [0.717, 1.165) is 12.8 Å². The fourth-order valence-corrected chi connectivity index (χ4v) is 3.26. The molecule has 1 aromatic carbocycles. The Kier molecular flexibility index (Phi) is 3.34. The van der Waals surface area contributed by atoms with Crippen molar-refractivity contribution in [2.45, 2.75) is 25.7 Å². The second kappa shape index (κ2) is 5.02. The van der Waals surface area contributed by atoms with Crippen molar-refractivity contribution in [1.82, 2.24) is 0 Å². The first-order valence-corrected chi connectivity index (χ1v) is 7.15. The minimum atomic E-state index is -0.552. The van der Waals surface area contributed by atoms with Gasteiger partial charge in [0.1, 0.15) is 5.78 Å². The summed E-state index contributed by atoms with van der Waals surface area (Å²) in [6.07, 6.45) is 3.07. The lowest BCUT2D eigenvalue weighted by atomic mass is 10.0. The van der Waals surface area contributed by atoms with Gasteiger partial charge in [-0.2, -0.15) is 0 Å². The van der Waals surface area contributed by atoms with E-state index >= 15 is 0 Å². The van der Waals surface area contributed by atoms with Crippen molar-refractivity contribution in [3.63, 3.8) is 0 Å². The largest absolute Gasteiger partial charge is 0.305 e. The van der Waals surface area contributed by atoms with E-state index in [9.17, 15) is 14.4 Å². The summed E-state index contributed by atoms with van der Waals surface area (Å²) in [5, 5.41) is 0.306. The number of nitrogens with zero attached hydrogens (tertiary/aromatic N) is 1. The van der Waals surface area contributed by atoms with Crippen LogP contribution in [-0.4, -0.2) is 24.0 Å². The molecule has 5 heteroatoms. The number of Topliss-reactive ketones (excluding diaryl/α,β-unsaturated/α-hetero) is 2. The fraction of sp³-hybridized carbons (Fsp3) is 0.400. The van der Waals surface area contributed by atoms with E-state index in [-0.39, 0.29) is 17.3 Å². The summed E-state index contributed by atoms with van der Waals surface area (Å²) in [5.41, 5.74) is 0.856. The molecule has 3 rings (SSSR count). The van der Waals surface area contributed by atoms with Gasteiger partial charge in [0.15, 0.2) is 0 Å². The molecule has 1 aromatic rings. The molecular formula is C15H14ClNO3. The maximum absolute atomic E-state index is 12.0. The number of ketones is 2. The molecule has 1 amide bonds. The summed E-state index contributed by atoms with van der Waals surface area (Å²) < 4.78 is 0. The summed E-state index contributed by atoms with van der Waals surface area (Å²) in [7, 11) is 0. The molecule has 1 atom stereocenters.